The highest BCUT2D eigenvalue weighted by Crippen LogP contribution is 2.34. The molecule has 0 amide bonds. The lowest BCUT2D eigenvalue weighted by Crippen LogP contribution is -2.55. The normalized spacial score (nSPS) is 38.5. The fourth-order valence-corrected chi connectivity index (χ4v) is 2.15. The van der Waals surface area contributed by atoms with Crippen LogP contribution >= 0.6 is 0 Å². The van der Waals surface area contributed by atoms with E-state index in [-0.39, 0.29) is 0 Å². The quantitative estimate of drug-likeness (QED) is 0.522. The van der Waals surface area contributed by atoms with Gasteiger partial charge in [-0.05, 0) is 27.2 Å². The predicted octanol–water partition coefficient (Wildman–Crippen LogP) is 1.26. The van der Waals surface area contributed by atoms with E-state index >= 15 is 0 Å². The highest BCUT2D eigenvalue weighted by Gasteiger charge is 2.45. The van der Waals surface area contributed by atoms with Crippen LogP contribution in [0.1, 0.15) is 27.2 Å². The van der Waals surface area contributed by atoms with Crippen molar-refractivity contribution in [3.8, 4) is 0 Å². The van der Waals surface area contributed by atoms with Gasteiger partial charge < -0.3 is 4.74 Å². The molecule has 0 aromatic heterocycles. The van der Waals surface area contributed by atoms with Crippen molar-refractivity contribution in [2.75, 3.05) is 13.2 Å². The second-order valence-corrected chi connectivity index (χ2v) is 4.59. The van der Waals surface area contributed by atoms with Gasteiger partial charge in [-0.1, -0.05) is 0 Å². The molecule has 2 heteroatoms. The summed E-state index contributed by atoms with van der Waals surface area (Å²) in [6.45, 7) is 9.04. The zero-order chi connectivity index (χ0) is 8.06. The van der Waals surface area contributed by atoms with E-state index < -0.39 is 0 Å². The van der Waals surface area contributed by atoms with Gasteiger partial charge in [-0.15, -0.1) is 0 Å². The van der Waals surface area contributed by atoms with Crippen LogP contribution < -0.4 is 0 Å². The topological polar surface area (TPSA) is 12.5 Å². The summed E-state index contributed by atoms with van der Waals surface area (Å²) in [6, 6.07) is 0.731. The molecule has 0 saturated carbocycles. The van der Waals surface area contributed by atoms with Gasteiger partial charge in [0.1, 0.15) is 0 Å². The Labute approximate surface area is 68.5 Å². The summed E-state index contributed by atoms with van der Waals surface area (Å²) in [7, 11) is 0. The zero-order valence-electron chi connectivity index (χ0n) is 7.63. The second-order valence-electron chi connectivity index (χ2n) is 4.59. The zero-order valence-corrected chi connectivity index (χ0v) is 7.63. The van der Waals surface area contributed by atoms with Crippen LogP contribution in [-0.2, 0) is 4.74 Å². The van der Waals surface area contributed by atoms with Gasteiger partial charge in [-0.25, -0.2) is 0 Å². The van der Waals surface area contributed by atoms with Gasteiger partial charge >= 0.3 is 0 Å². The number of nitrogens with zero attached hydrogens (tertiary/aromatic N) is 1. The molecule has 2 fully saturated rings. The Bertz CT molecular complexity index is 161. The average Bonchev–Trinajstić information content (AvgIpc) is 2.05. The Hall–Kier alpha value is -0.0800. The molecule has 2 nitrogen and oxygen atoms in total. The van der Waals surface area contributed by atoms with E-state index in [0.717, 1.165) is 12.6 Å². The number of likely N-dealkylation sites (tertiary alicyclic amines) is 1. The first-order chi connectivity index (χ1) is 5.09. The molecule has 0 aromatic rings. The summed E-state index contributed by atoms with van der Waals surface area (Å²) < 4.78 is 5.44. The number of rotatable bonds is 0. The highest BCUT2D eigenvalue weighted by atomic mass is 16.5. The first-order valence-electron chi connectivity index (χ1n) is 4.47. The van der Waals surface area contributed by atoms with Crippen molar-refractivity contribution in [1.29, 1.82) is 0 Å². The third-order valence-electron chi connectivity index (χ3n) is 2.83. The van der Waals surface area contributed by atoms with Crippen molar-refractivity contribution in [2.45, 2.75) is 44.9 Å². The first kappa shape index (κ1) is 7.56. The molecule has 0 N–H and O–H groups in total. The molecule has 0 aromatic carbocycles. The molecule has 0 bridgehead atoms. The smallest absolute Gasteiger partial charge is 0.0765 e. The molecule has 64 valence electrons. The fourth-order valence-electron chi connectivity index (χ4n) is 2.15. The SMILES string of the molecule is CC(C)(C)N1CCC2OCC21. The molecule has 0 aliphatic carbocycles. The Morgan fingerprint density at radius 1 is 1.36 bits per heavy atom. The minimum absolute atomic E-state index is 0.337. The van der Waals surface area contributed by atoms with Crippen molar-refractivity contribution < 1.29 is 4.74 Å². The van der Waals surface area contributed by atoms with Gasteiger partial charge in [0.05, 0.1) is 18.8 Å². The Morgan fingerprint density at radius 3 is 2.36 bits per heavy atom. The van der Waals surface area contributed by atoms with Crippen LogP contribution in [0.2, 0.25) is 0 Å². The van der Waals surface area contributed by atoms with E-state index in [9.17, 15) is 0 Å². The average molecular weight is 155 g/mol. The maximum Gasteiger partial charge on any atom is 0.0765 e. The van der Waals surface area contributed by atoms with Crippen molar-refractivity contribution in [3.63, 3.8) is 0 Å². The molecule has 11 heavy (non-hydrogen) atoms. The Morgan fingerprint density at radius 2 is 2.09 bits per heavy atom. The van der Waals surface area contributed by atoms with Crippen LogP contribution in [0.3, 0.4) is 0 Å². The minimum atomic E-state index is 0.337. The van der Waals surface area contributed by atoms with E-state index in [1.54, 1.807) is 0 Å². The van der Waals surface area contributed by atoms with E-state index in [1.807, 2.05) is 0 Å². The maximum absolute atomic E-state index is 5.44. The number of fused-ring (bicyclic) bond motifs is 1. The number of hydrogen-bond acceptors (Lipinski definition) is 2. The summed E-state index contributed by atoms with van der Waals surface area (Å²) in [6.07, 6.45) is 1.80. The highest BCUT2D eigenvalue weighted by molar-refractivity contribution is 4.98. The molecule has 2 heterocycles. The molecule has 2 rings (SSSR count). The van der Waals surface area contributed by atoms with E-state index in [4.69, 9.17) is 4.74 Å². The van der Waals surface area contributed by atoms with E-state index in [2.05, 4.69) is 25.7 Å². The van der Waals surface area contributed by atoms with Gasteiger partial charge in [-0.2, -0.15) is 0 Å². The van der Waals surface area contributed by atoms with Gasteiger partial charge in [0.2, 0.25) is 0 Å². The number of ether oxygens (including phenoxy) is 1. The Kier molecular flexibility index (Phi) is 1.52. The minimum Gasteiger partial charge on any atom is -0.375 e. The van der Waals surface area contributed by atoms with Gasteiger partial charge in [0, 0.05) is 12.1 Å². The molecular weight excluding hydrogens is 138 g/mol. The molecule has 0 radical (unpaired) electrons. The van der Waals surface area contributed by atoms with Crippen LogP contribution in [0.15, 0.2) is 0 Å². The molecule has 2 aliphatic rings. The summed E-state index contributed by atoms with van der Waals surface area (Å²) in [5, 5.41) is 0. The molecule has 2 unspecified atom stereocenters. The largest absolute Gasteiger partial charge is 0.375 e. The van der Waals surface area contributed by atoms with Crippen molar-refractivity contribution in [1.82, 2.24) is 4.90 Å². The molecular formula is C9H17NO. The molecule has 2 aliphatic heterocycles. The lowest BCUT2D eigenvalue weighted by Gasteiger charge is -2.42. The maximum atomic E-state index is 5.44. The first-order valence-corrected chi connectivity index (χ1v) is 4.47. The predicted molar refractivity (Wildman–Crippen MR) is 44.6 cm³/mol. The molecule has 2 atom stereocenters. The van der Waals surface area contributed by atoms with Crippen LogP contribution in [0.5, 0.6) is 0 Å². The Balaban J connectivity index is 2.05. The van der Waals surface area contributed by atoms with Crippen LogP contribution in [0, 0.1) is 0 Å². The summed E-state index contributed by atoms with van der Waals surface area (Å²) in [5.74, 6) is 0. The molecule has 0 spiro atoms. The van der Waals surface area contributed by atoms with E-state index in [0.29, 0.717) is 11.6 Å². The van der Waals surface area contributed by atoms with Crippen molar-refractivity contribution in [2.24, 2.45) is 0 Å². The van der Waals surface area contributed by atoms with Gasteiger partial charge in [0.25, 0.3) is 0 Å². The van der Waals surface area contributed by atoms with Gasteiger partial charge in [0.15, 0.2) is 0 Å². The van der Waals surface area contributed by atoms with Crippen LogP contribution in [0.4, 0.5) is 0 Å². The lowest BCUT2D eigenvalue weighted by atomic mass is 10.0. The summed E-state index contributed by atoms with van der Waals surface area (Å²) in [5.41, 5.74) is 0.337. The van der Waals surface area contributed by atoms with Gasteiger partial charge in [-0.3, -0.25) is 4.90 Å². The standard InChI is InChI=1S/C9H17NO/c1-9(2,3)10-5-4-8-7(10)6-11-8/h7-8H,4-6H2,1-3H3. The second kappa shape index (κ2) is 2.20. The lowest BCUT2D eigenvalue weighted by molar-refractivity contribution is -0.111. The monoisotopic (exact) mass is 155 g/mol. The number of hydrogen-bond donors (Lipinski definition) is 0. The third kappa shape index (κ3) is 1.09. The van der Waals surface area contributed by atoms with Crippen molar-refractivity contribution >= 4 is 0 Å². The van der Waals surface area contributed by atoms with Crippen LogP contribution in [0.25, 0.3) is 0 Å². The summed E-state index contributed by atoms with van der Waals surface area (Å²) >= 11 is 0. The summed E-state index contributed by atoms with van der Waals surface area (Å²) in [4.78, 5) is 2.57. The fraction of sp³-hybridized carbons (Fsp3) is 1.00. The van der Waals surface area contributed by atoms with Crippen molar-refractivity contribution in [3.05, 3.63) is 0 Å². The van der Waals surface area contributed by atoms with E-state index in [1.165, 1.54) is 13.0 Å². The van der Waals surface area contributed by atoms with Crippen LogP contribution in [-0.4, -0.2) is 35.7 Å². The third-order valence-corrected chi connectivity index (χ3v) is 2.83. The molecule has 2 saturated heterocycles.